The van der Waals surface area contributed by atoms with E-state index in [0.717, 1.165) is 5.69 Å². The highest BCUT2D eigenvalue weighted by molar-refractivity contribution is 6.30. The maximum Gasteiger partial charge on any atom is 0.253 e. The first-order chi connectivity index (χ1) is 11.1. The average molecular weight is 332 g/mol. The second-order valence-electron chi connectivity index (χ2n) is 5.88. The smallest absolute Gasteiger partial charge is 0.253 e. The highest BCUT2D eigenvalue weighted by Gasteiger charge is 2.35. The number of hydrogen-bond donors (Lipinski definition) is 2. The third kappa shape index (κ3) is 4.06. The van der Waals surface area contributed by atoms with E-state index >= 15 is 0 Å². The molecule has 2 heterocycles. The fourth-order valence-corrected chi connectivity index (χ4v) is 3.00. The number of nitrogens with zero attached hydrogens (tertiary/aromatic N) is 2. The van der Waals surface area contributed by atoms with Crippen LogP contribution in [0, 0.1) is 5.92 Å². The molecule has 1 aliphatic rings. The zero-order valence-corrected chi connectivity index (χ0v) is 13.3. The van der Waals surface area contributed by atoms with Crippen molar-refractivity contribution in [3.63, 3.8) is 0 Å². The topological polar surface area (TPSA) is 75.1 Å². The molecule has 0 spiro atoms. The van der Waals surface area contributed by atoms with Crippen LogP contribution >= 0.6 is 11.6 Å². The van der Waals surface area contributed by atoms with E-state index in [9.17, 15) is 9.90 Å². The summed E-state index contributed by atoms with van der Waals surface area (Å²) in [5, 5.41) is 13.0. The van der Waals surface area contributed by atoms with E-state index in [1.54, 1.807) is 12.3 Å². The molecule has 1 aliphatic carbocycles. The van der Waals surface area contributed by atoms with Crippen molar-refractivity contribution in [1.82, 2.24) is 15.3 Å². The monoisotopic (exact) mass is 331 g/mol. The SMILES string of the molecule is O=C(NC(Cc1ccccn1)C1CC(O)C1)c1cncc(Cl)c1. The van der Waals surface area contributed by atoms with Crippen molar-refractivity contribution < 1.29 is 9.90 Å². The molecule has 0 bridgehead atoms. The van der Waals surface area contributed by atoms with Crippen LogP contribution in [0.15, 0.2) is 42.9 Å². The Hall–Kier alpha value is -1.98. The second kappa shape index (κ2) is 7.06. The van der Waals surface area contributed by atoms with Gasteiger partial charge in [-0.15, -0.1) is 0 Å². The fourth-order valence-electron chi connectivity index (χ4n) is 2.83. The highest BCUT2D eigenvalue weighted by atomic mass is 35.5. The lowest BCUT2D eigenvalue weighted by Crippen LogP contribution is -2.48. The first-order valence-electron chi connectivity index (χ1n) is 7.61. The van der Waals surface area contributed by atoms with Gasteiger partial charge in [0, 0.05) is 36.7 Å². The predicted octanol–water partition coefficient (Wildman–Crippen LogP) is 2.24. The van der Waals surface area contributed by atoms with Crippen LogP contribution in [0.1, 0.15) is 28.9 Å². The van der Waals surface area contributed by atoms with Crippen molar-refractivity contribution in [2.75, 3.05) is 0 Å². The van der Waals surface area contributed by atoms with E-state index in [2.05, 4.69) is 15.3 Å². The summed E-state index contributed by atoms with van der Waals surface area (Å²) < 4.78 is 0. The van der Waals surface area contributed by atoms with Gasteiger partial charge in [-0.25, -0.2) is 0 Å². The summed E-state index contributed by atoms with van der Waals surface area (Å²) in [6.45, 7) is 0. The van der Waals surface area contributed by atoms with Gasteiger partial charge < -0.3 is 10.4 Å². The van der Waals surface area contributed by atoms with Gasteiger partial charge in [0.2, 0.25) is 0 Å². The Balaban J connectivity index is 1.72. The third-order valence-corrected chi connectivity index (χ3v) is 4.36. The normalized spacial score (nSPS) is 21.3. The zero-order chi connectivity index (χ0) is 16.2. The quantitative estimate of drug-likeness (QED) is 0.881. The van der Waals surface area contributed by atoms with Crippen LogP contribution in [-0.2, 0) is 6.42 Å². The Morgan fingerprint density at radius 3 is 2.87 bits per heavy atom. The highest BCUT2D eigenvalue weighted by Crippen LogP contribution is 2.31. The molecule has 23 heavy (non-hydrogen) atoms. The standard InChI is InChI=1S/C17H18ClN3O2/c18-13-5-12(9-19-10-13)17(23)21-16(11-6-15(22)7-11)8-14-3-1-2-4-20-14/h1-5,9-11,15-16,22H,6-8H2,(H,21,23). The zero-order valence-electron chi connectivity index (χ0n) is 12.5. The van der Waals surface area contributed by atoms with Gasteiger partial charge >= 0.3 is 0 Å². The first-order valence-corrected chi connectivity index (χ1v) is 7.99. The number of amides is 1. The molecule has 0 aromatic carbocycles. The van der Waals surface area contributed by atoms with Crippen LogP contribution in [0.2, 0.25) is 5.02 Å². The summed E-state index contributed by atoms with van der Waals surface area (Å²) in [5.41, 5.74) is 1.35. The minimum Gasteiger partial charge on any atom is -0.393 e. The van der Waals surface area contributed by atoms with E-state index in [4.69, 9.17) is 11.6 Å². The van der Waals surface area contributed by atoms with Crippen LogP contribution in [0.4, 0.5) is 0 Å². The molecule has 0 radical (unpaired) electrons. The number of pyridine rings is 2. The number of aliphatic hydroxyl groups excluding tert-OH is 1. The third-order valence-electron chi connectivity index (χ3n) is 4.16. The number of carbonyl (C=O) groups excluding carboxylic acids is 1. The first kappa shape index (κ1) is 15.9. The van der Waals surface area contributed by atoms with Crippen LogP contribution < -0.4 is 5.32 Å². The largest absolute Gasteiger partial charge is 0.393 e. The number of nitrogens with one attached hydrogen (secondary N) is 1. The summed E-state index contributed by atoms with van der Waals surface area (Å²) in [6, 6.07) is 7.26. The summed E-state index contributed by atoms with van der Waals surface area (Å²) in [6.07, 6.45) is 6.50. The van der Waals surface area contributed by atoms with Crippen molar-refractivity contribution >= 4 is 17.5 Å². The molecule has 120 valence electrons. The number of carbonyl (C=O) groups is 1. The van der Waals surface area contributed by atoms with Gasteiger partial charge in [0.05, 0.1) is 16.7 Å². The Morgan fingerprint density at radius 2 is 2.22 bits per heavy atom. The van der Waals surface area contributed by atoms with E-state index in [-0.39, 0.29) is 24.0 Å². The van der Waals surface area contributed by atoms with Crippen LogP contribution in [0.5, 0.6) is 0 Å². The van der Waals surface area contributed by atoms with Gasteiger partial charge in [-0.1, -0.05) is 17.7 Å². The van der Waals surface area contributed by atoms with E-state index < -0.39 is 0 Å². The van der Waals surface area contributed by atoms with Crippen molar-refractivity contribution in [1.29, 1.82) is 0 Å². The van der Waals surface area contributed by atoms with E-state index in [1.165, 1.54) is 12.4 Å². The molecular weight excluding hydrogens is 314 g/mol. The van der Waals surface area contributed by atoms with Crippen molar-refractivity contribution in [2.24, 2.45) is 5.92 Å². The molecule has 1 fully saturated rings. The molecule has 1 amide bonds. The second-order valence-corrected chi connectivity index (χ2v) is 6.32. The van der Waals surface area contributed by atoms with Crippen molar-refractivity contribution in [3.8, 4) is 0 Å². The Kier molecular flexibility index (Phi) is 4.88. The van der Waals surface area contributed by atoms with E-state index in [1.807, 2.05) is 18.2 Å². The Labute approximate surface area is 139 Å². The molecule has 2 aromatic rings. The number of aliphatic hydroxyl groups is 1. The van der Waals surface area contributed by atoms with Crippen molar-refractivity contribution in [3.05, 3.63) is 59.1 Å². The van der Waals surface area contributed by atoms with Gasteiger partial charge in [-0.3, -0.25) is 14.8 Å². The Bertz CT molecular complexity index is 675. The van der Waals surface area contributed by atoms with Gasteiger partial charge in [0.25, 0.3) is 5.91 Å². The van der Waals surface area contributed by atoms with Gasteiger partial charge in [-0.05, 0) is 37.0 Å². The van der Waals surface area contributed by atoms with Gasteiger partial charge in [0.15, 0.2) is 0 Å². The number of hydrogen-bond acceptors (Lipinski definition) is 4. The molecule has 5 nitrogen and oxygen atoms in total. The minimum atomic E-state index is -0.268. The molecule has 0 aliphatic heterocycles. The molecular formula is C17H18ClN3O2. The predicted molar refractivity (Wildman–Crippen MR) is 87.2 cm³/mol. The van der Waals surface area contributed by atoms with Crippen LogP contribution in [-0.4, -0.2) is 33.1 Å². The maximum absolute atomic E-state index is 12.4. The van der Waals surface area contributed by atoms with Crippen LogP contribution in [0.3, 0.4) is 0 Å². The number of rotatable bonds is 5. The molecule has 2 aromatic heterocycles. The average Bonchev–Trinajstić information content (AvgIpc) is 2.52. The lowest BCUT2D eigenvalue weighted by Gasteiger charge is -2.38. The summed E-state index contributed by atoms with van der Waals surface area (Å²) in [4.78, 5) is 20.7. The lowest BCUT2D eigenvalue weighted by atomic mass is 9.76. The van der Waals surface area contributed by atoms with Crippen molar-refractivity contribution in [2.45, 2.75) is 31.4 Å². The van der Waals surface area contributed by atoms with Gasteiger partial charge in [-0.2, -0.15) is 0 Å². The number of aromatic nitrogens is 2. The van der Waals surface area contributed by atoms with E-state index in [0.29, 0.717) is 29.8 Å². The van der Waals surface area contributed by atoms with Gasteiger partial charge in [0.1, 0.15) is 0 Å². The Morgan fingerprint density at radius 1 is 1.39 bits per heavy atom. The summed E-state index contributed by atoms with van der Waals surface area (Å²) in [5.74, 6) is 0.0467. The summed E-state index contributed by atoms with van der Waals surface area (Å²) in [7, 11) is 0. The molecule has 1 atom stereocenters. The lowest BCUT2D eigenvalue weighted by molar-refractivity contribution is 0.0238. The summed E-state index contributed by atoms with van der Waals surface area (Å²) >= 11 is 5.89. The van der Waals surface area contributed by atoms with Crippen LogP contribution in [0.25, 0.3) is 0 Å². The fraction of sp³-hybridized carbons (Fsp3) is 0.353. The molecule has 1 saturated carbocycles. The maximum atomic E-state index is 12.4. The molecule has 6 heteroatoms. The molecule has 3 rings (SSSR count). The molecule has 2 N–H and O–H groups in total. The molecule has 1 unspecified atom stereocenters. The minimum absolute atomic E-state index is 0.0696. The molecule has 0 saturated heterocycles. The number of halogens is 1.